The summed E-state index contributed by atoms with van der Waals surface area (Å²) in [6.45, 7) is 2.27. The van der Waals surface area contributed by atoms with E-state index in [1.54, 1.807) is 25.3 Å². The van der Waals surface area contributed by atoms with Gasteiger partial charge in [0.1, 0.15) is 5.75 Å². The summed E-state index contributed by atoms with van der Waals surface area (Å²) < 4.78 is 5.03. The molecule has 1 amide bonds. The molecule has 4 nitrogen and oxygen atoms in total. The number of rotatable bonds is 5. The first-order chi connectivity index (χ1) is 8.12. The van der Waals surface area contributed by atoms with E-state index in [9.17, 15) is 4.79 Å². The highest BCUT2D eigenvalue weighted by molar-refractivity contribution is 6.32. The first-order valence-electron chi connectivity index (χ1n) is 5.46. The van der Waals surface area contributed by atoms with Crippen molar-refractivity contribution >= 4 is 23.2 Å². The summed E-state index contributed by atoms with van der Waals surface area (Å²) in [5, 5.41) is 3.24. The van der Waals surface area contributed by atoms with Gasteiger partial charge in [0, 0.05) is 12.2 Å². The molecule has 0 saturated carbocycles. The maximum Gasteiger partial charge on any atom is 0.228 e. The maximum absolute atomic E-state index is 11.8. The van der Waals surface area contributed by atoms with E-state index in [0.29, 0.717) is 29.4 Å². The molecule has 17 heavy (non-hydrogen) atoms. The lowest BCUT2D eigenvalue weighted by Crippen LogP contribution is -2.28. The van der Waals surface area contributed by atoms with Crippen molar-refractivity contribution in [1.29, 1.82) is 0 Å². The number of amides is 1. The summed E-state index contributed by atoms with van der Waals surface area (Å²) in [6.07, 6.45) is 0.715. The fourth-order valence-corrected chi connectivity index (χ4v) is 1.71. The molecule has 1 unspecified atom stereocenters. The summed E-state index contributed by atoms with van der Waals surface area (Å²) in [5.74, 6) is 0.322. The Morgan fingerprint density at radius 1 is 1.59 bits per heavy atom. The Hall–Kier alpha value is -1.26. The molecule has 1 aromatic carbocycles. The Bertz CT molecular complexity index is 392. The van der Waals surface area contributed by atoms with Gasteiger partial charge in [0.2, 0.25) is 5.91 Å². The second kappa shape index (κ2) is 6.47. The molecule has 5 heteroatoms. The van der Waals surface area contributed by atoms with Crippen molar-refractivity contribution in [3.63, 3.8) is 0 Å². The van der Waals surface area contributed by atoms with Crippen LogP contribution < -0.4 is 15.8 Å². The summed E-state index contributed by atoms with van der Waals surface area (Å²) in [7, 11) is 1.54. The Kier molecular flexibility index (Phi) is 5.25. The van der Waals surface area contributed by atoms with E-state index < -0.39 is 0 Å². The van der Waals surface area contributed by atoms with Crippen molar-refractivity contribution in [3.05, 3.63) is 23.2 Å². The highest BCUT2D eigenvalue weighted by Crippen LogP contribution is 2.27. The number of halogens is 1. The van der Waals surface area contributed by atoms with Crippen molar-refractivity contribution < 1.29 is 9.53 Å². The van der Waals surface area contributed by atoms with E-state index in [1.165, 1.54) is 0 Å². The zero-order valence-electron chi connectivity index (χ0n) is 10.00. The quantitative estimate of drug-likeness (QED) is 0.849. The van der Waals surface area contributed by atoms with Gasteiger partial charge in [-0.05, 0) is 24.6 Å². The number of hydrogen-bond acceptors (Lipinski definition) is 3. The van der Waals surface area contributed by atoms with E-state index in [-0.39, 0.29) is 11.8 Å². The Labute approximate surface area is 106 Å². The third kappa shape index (κ3) is 3.61. The number of anilines is 1. The van der Waals surface area contributed by atoms with Crippen molar-refractivity contribution in [1.82, 2.24) is 0 Å². The van der Waals surface area contributed by atoms with Crippen LogP contribution in [0.3, 0.4) is 0 Å². The summed E-state index contributed by atoms with van der Waals surface area (Å²) in [5.41, 5.74) is 6.15. The van der Waals surface area contributed by atoms with Crippen molar-refractivity contribution in [2.75, 3.05) is 19.0 Å². The Morgan fingerprint density at radius 3 is 2.76 bits per heavy atom. The number of hydrogen-bond donors (Lipinski definition) is 2. The molecule has 94 valence electrons. The van der Waals surface area contributed by atoms with Gasteiger partial charge in [0.05, 0.1) is 18.1 Å². The molecule has 0 aliphatic rings. The van der Waals surface area contributed by atoms with Crippen molar-refractivity contribution in [3.8, 4) is 5.75 Å². The molecular weight excluding hydrogens is 240 g/mol. The number of benzene rings is 1. The topological polar surface area (TPSA) is 64.4 Å². The minimum Gasteiger partial charge on any atom is -0.495 e. The largest absolute Gasteiger partial charge is 0.495 e. The maximum atomic E-state index is 11.8. The smallest absolute Gasteiger partial charge is 0.228 e. The number of carbonyl (C=O) groups excluding carboxylic acids is 1. The lowest BCUT2D eigenvalue weighted by molar-refractivity contribution is -0.119. The molecule has 0 saturated heterocycles. The standard InChI is InChI=1S/C12H17ClN2O2/c1-3-8(7-14)12(16)15-9-4-5-11(17-2)10(13)6-9/h4-6,8H,3,7,14H2,1-2H3,(H,15,16). The van der Waals surface area contributed by atoms with Crippen LogP contribution in [0.15, 0.2) is 18.2 Å². The average Bonchev–Trinajstić information content (AvgIpc) is 2.31. The minimum absolute atomic E-state index is 0.0868. The predicted octanol–water partition coefficient (Wildman–Crippen LogP) is 2.27. The highest BCUT2D eigenvalue weighted by atomic mass is 35.5. The van der Waals surface area contributed by atoms with Gasteiger partial charge in [-0.2, -0.15) is 0 Å². The van der Waals surface area contributed by atoms with Gasteiger partial charge < -0.3 is 15.8 Å². The molecule has 1 aromatic rings. The van der Waals surface area contributed by atoms with Crippen LogP contribution in [-0.4, -0.2) is 19.6 Å². The van der Waals surface area contributed by atoms with Crippen LogP contribution in [0.2, 0.25) is 5.02 Å². The first-order valence-corrected chi connectivity index (χ1v) is 5.84. The molecule has 0 aliphatic carbocycles. The summed E-state index contributed by atoms with van der Waals surface area (Å²) in [6, 6.07) is 5.11. The van der Waals surface area contributed by atoms with Crippen LogP contribution in [0.5, 0.6) is 5.75 Å². The molecule has 0 aliphatic heterocycles. The predicted molar refractivity (Wildman–Crippen MR) is 69.5 cm³/mol. The monoisotopic (exact) mass is 256 g/mol. The third-order valence-electron chi connectivity index (χ3n) is 2.57. The first kappa shape index (κ1) is 13.8. The zero-order valence-corrected chi connectivity index (χ0v) is 10.8. The van der Waals surface area contributed by atoms with Gasteiger partial charge in [0.15, 0.2) is 0 Å². The molecule has 0 radical (unpaired) electrons. The molecule has 0 aromatic heterocycles. The van der Waals surface area contributed by atoms with Crippen molar-refractivity contribution in [2.24, 2.45) is 11.7 Å². The second-order valence-electron chi connectivity index (χ2n) is 3.68. The normalized spacial score (nSPS) is 12.0. The molecule has 1 rings (SSSR count). The van der Waals surface area contributed by atoms with Crippen LogP contribution in [-0.2, 0) is 4.79 Å². The average molecular weight is 257 g/mol. The van der Waals surface area contributed by atoms with Crippen LogP contribution in [0.1, 0.15) is 13.3 Å². The lowest BCUT2D eigenvalue weighted by Gasteiger charge is -2.13. The Balaban J connectivity index is 2.75. The van der Waals surface area contributed by atoms with E-state index in [1.807, 2.05) is 6.92 Å². The molecular formula is C12H17ClN2O2. The van der Waals surface area contributed by atoms with E-state index >= 15 is 0 Å². The van der Waals surface area contributed by atoms with Crippen LogP contribution in [0.25, 0.3) is 0 Å². The van der Waals surface area contributed by atoms with Crippen molar-refractivity contribution in [2.45, 2.75) is 13.3 Å². The van der Waals surface area contributed by atoms with Gasteiger partial charge in [0.25, 0.3) is 0 Å². The summed E-state index contributed by atoms with van der Waals surface area (Å²) >= 11 is 5.96. The number of carbonyl (C=O) groups is 1. The van der Waals surface area contributed by atoms with Gasteiger partial charge in [-0.1, -0.05) is 18.5 Å². The SMILES string of the molecule is CCC(CN)C(=O)Nc1ccc(OC)c(Cl)c1. The molecule has 0 heterocycles. The fraction of sp³-hybridized carbons (Fsp3) is 0.417. The van der Waals surface area contributed by atoms with Gasteiger partial charge in [-0.3, -0.25) is 4.79 Å². The Morgan fingerprint density at radius 2 is 2.29 bits per heavy atom. The van der Waals surface area contributed by atoms with Gasteiger partial charge in [-0.15, -0.1) is 0 Å². The third-order valence-corrected chi connectivity index (χ3v) is 2.86. The highest BCUT2D eigenvalue weighted by Gasteiger charge is 2.14. The molecule has 0 bridgehead atoms. The molecule has 3 N–H and O–H groups in total. The minimum atomic E-state index is -0.170. The molecule has 0 spiro atoms. The van der Waals surface area contributed by atoms with E-state index in [0.717, 1.165) is 0 Å². The second-order valence-corrected chi connectivity index (χ2v) is 4.09. The summed E-state index contributed by atoms with van der Waals surface area (Å²) in [4.78, 5) is 11.8. The van der Waals surface area contributed by atoms with E-state index in [4.69, 9.17) is 22.1 Å². The number of methoxy groups -OCH3 is 1. The van der Waals surface area contributed by atoms with Crippen LogP contribution >= 0.6 is 11.6 Å². The van der Waals surface area contributed by atoms with Crippen LogP contribution in [0.4, 0.5) is 5.69 Å². The van der Waals surface area contributed by atoms with E-state index in [2.05, 4.69) is 5.32 Å². The number of ether oxygens (including phenoxy) is 1. The number of nitrogens with two attached hydrogens (primary N) is 1. The fourth-order valence-electron chi connectivity index (χ4n) is 1.45. The molecule has 1 atom stereocenters. The lowest BCUT2D eigenvalue weighted by atomic mass is 10.1. The molecule has 0 fully saturated rings. The van der Waals surface area contributed by atoms with Gasteiger partial charge in [-0.25, -0.2) is 0 Å². The van der Waals surface area contributed by atoms with Crippen LogP contribution in [0, 0.1) is 5.92 Å². The zero-order chi connectivity index (χ0) is 12.8. The number of nitrogens with one attached hydrogen (secondary N) is 1. The van der Waals surface area contributed by atoms with Gasteiger partial charge >= 0.3 is 0 Å².